The third-order valence-electron chi connectivity index (χ3n) is 3.71. The molecule has 1 aromatic carbocycles. The van der Waals surface area contributed by atoms with E-state index in [1.54, 1.807) is 31.8 Å². The van der Waals surface area contributed by atoms with Crippen molar-refractivity contribution in [3.63, 3.8) is 0 Å². The van der Waals surface area contributed by atoms with Crippen LogP contribution in [0.1, 0.15) is 6.92 Å². The predicted molar refractivity (Wildman–Crippen MR) is 88.1 cm³/mol. The highest BCUT2D eigenvalue weighted by Crippen LogP contribution is 2.30. The summed E-state index contributed by atoms with van der Waals surface area (Å²) < 4.78 is 19.1. The summed E-state index contributed by atoms with van der Waals surface area (Å²) in [6, 6.07) is 5.36. The minimum Gasteiger partial charge on any atom is -0.497 e. The van der Waals surface area contributed by atoms with Gasteiger partial charge >= 0.3 is 0 Å². The summed E-state index contributed by atoms with van der Waals surface area (Å²) in [5, 5.41) is 0.521. The molecule has 0 fully saturated rings. The van der Waals surface area contributed by atoms with Gasteiger partial charge in [0.2, 0.25) is 0 Å². The fourth-order valence-electron chi connectivity index (χ4n) is 2.47. The van der Waals surface area contributed by atoms with Gasteiger partial charge in [0.25, 0.3) is 0 Å². The van der Waals surface area contributed by atoms with Gasteiger partial charge in [-0.3, -0.25) is 0 Å². The van der Waals surface area contributed by atoms with Gasteiger partial charge in [-0.15, -0.1) is 0 Å². The van der Waals surface area contributed by atoms with Crippen molar-refractivity contribution in [3.05, 3.63) is 54.1 Å². The molecule has 3 rings (SSSR count). The predicted octanol–water partition coefficient (Wildman–Crippen LogP) is 3.34. The molecule has 3 atom stereocenters. The van der Waals surface area contributed by atoms with Crippen molar-refractivity contribution in [2.75, 3.05) is 7.11 Å². The van der Waals surface area contributed by atoms with Crippen molar-refractivity contribution in [1.82, 2.24) is 9.55 Å². The maximum absolute atomic E-state index is 6.21. The third kappa shape index (κ3) is 3.86. The number of nitrogens with zero attached hydrogens (tertiary/aromatic N) is 2. The molecule has 0 saturated carbocycles. The summed E-state index contributed by atoms with van der Waals surface area (Å²) in [5.41, 5.74) is 0. The molecule has 0 saturated heterocycles. The second kappa shape index (κ2) is 7.06. The molecule has 1 aliphatic rings. The van der Waals surface area contributed by atoms with E-state index in [0.29, 0.717) is 16.5 Å². The monoisotopic (exact) mass is 334 g/mol. The molecule has 6 heteroatoms. The number of hydrogen-bond donors (Lipinski definition) is 0. The molecule has 1 aromatic heterocycles. The van der Waals surface area contributed by atoms with Crippen LogP contribution in [0.5, 0.6) is 11.5 Å². The minimum atomic E-state index is -0.148. The molecule has 0 N–H and O–H groups in total. The van der Waals surface area contributed by atoms with E-state index in [2.05, 4.69) is 11.1 Å². The molecule has 0 radical (unpaired) electrons. The normalized spacial score (nSPS) is 21.3. The zero-order valence-corrected chi connectivity index (χ0v) is 13.8. The quantitative estimate of drug-likeness (QED) is 0.760. The minimum absolute atomic E-state index is 0.0200. The van der Waals surface area contributed by atoms with Crippen LogP contribution in [0, 0.1) is 0 Å². The Morgan fingerprint density at radius 2 is 2.26 bits per heavy atom. The van der Waals surface area contributed by atoms with Crippen molar-refractivity contribution < 1.29 is 14.2 Å². The number of benzene rings is 1. The molecule has 0 bridgehead atoms. The summed E-state index contributed by atoms with van der Waals surface area (Å²) in [6.07, 6.45) is 9.30. The van der Waals surface area contributed by atoms with Gasteiger partial charge in [-0.1, -0.05) is 23.8 Å². The van der Waals surface area contributed by atoms with Crippen molar-refractivity contribution in [3.8, 4) is 11.5 Å². The summed E-state index contributed by atoms with van der Waals surface area (Å²) in [7, 11) is 1.60. The summed E-state index contributed by atoms with van der Waals surface area (Å²) in [4.78, 5) is 4.03. The fraction of sp³-hybridized carbons (Fsp3) is 0.353. The molecule has 23 heavy (non-hydrogen) atoms. The van der Waals surface area contributed by atoms with Crippen molar-refractivity contribution >= 4 is 11.6 Å². The first kappa shape index (κ1) is 15.9. The lowest BCUT2D eigenvalue weighted by atomic mass is 10.2. The number of aromatic nitrogens is 2. The molecule has 122 valence electrons. The number of halogens is 1. The second-order valence-electron chi connectivity index (χ2n) is 5.40. The summed E-state index contributed by atoms with van der Waals surface area (Å²) in [5.74, 6) is 1.32. The van der Waals surface area contributed by atoms with Crippen LogP contribution in [-0.2, 0) is 11.3 Å². The number of rotatable bonds is 6. The zero-order chi connectivity index (χ0) is 16.2. The first-order chi connectivity index (χ1) is 11.2. The zero-order valence-electron chi connectivity index (χ0n) is 13.1. The molecular formula is C17H19ClN2O3. The van der Waals surface area contributed by atoms with Crippen molar-refractivity contribution in [2.24, 2.45) is 0 Å². The SMILES string of the molecule is COc1ccc(OC(C)C2C=CC(Cn3ccnc3)O2)c(Cl)c1. The molecule has 0 aliphatic carbocycles. The average Bonchev–Trinajstić information content (AvgIpc) is 3.21. The molecule has 0 spiro atoms. The standard InChI is InChI=1S/C17H19ClN2O3/c1-12(22-17-6-3-13(21-2)9-15(17)18)16-5-4-14(23-16)10-20-8-7-19-11-20/h3-9,11-12,14,16H,10H2,1-2H3. The van der Waals surface area contributed by atoms with Crippen LogP contribution in [0.3, 0.4) is 0 Å². The lowest BCUT2D eigenvalue weighted by Gasteiger charge is -2.22. The van der Waals surface area contributed by atoms with Crippen LogP contribution in [0.4, 0.5) is 0 Å². The lowest BCUT2D eigenvalue weighted by Crippen LogP contribution is -2.30. The Labute approximate surface area is 140 Å². The first-order valence-electron chi connectivity index (χ1n) is 7.45. The van der Waals surface area contributed by atoms with Gasteiger partial charge in [-0.2, -0.15) is 0 Å². The van der Waals surface area contributed by atoms with Crippen LogP contribution in [0.15, 0.2) is 49.1 Å². The maximum Gasteiger partial charge on any atom is 0.138 e. The molecular weight excluding hydrogens is 316 g/mol. The highest BCUT2D eigenvalue weighted by atomic mass is 35.5. The van der Waals surface area contributed by atoms with E-state index < -0.39 is 0 Å². The van der Waals surface area contributed by atoms with Gasteiger partial charge in [0, 0.05) is 18.5 Å². The van der Waals surface area contributed by atoms with Crippen LogP contribution < -0.4 is 9.47 Å². The highest BCUT2D eigenvalue weighted by Gasteiger charge is 2.26. The van der Waals surface area contributed by atoms with E-state index in [1.165, 1.54) is 0 Å². The van der Waals surface area contributed by atoms with Gasteiger partial charge in [-0.05, 0) is 19.1 Å². The van der Waals surface area contributed by atoms with Crippen LogP contribution >= 0.6 is 11.6 Å². The maximum atomic E-state index is 6.21. The Balaban J connectivity index is 1.57. The Morgan fingerprint density at radius 3 is 2.96 bits per heavy atom. The van der Waals surface area contributed by atoms with Crippen LogP contribution in [0.25, 0.3) is 0 Å². The fourth-order valence-corrected chi connectivity index (χ4v) is 2.69. The molecule has 3 unspecified atom stereocenters. The third-order valence-corrected chi connectivity index (χ3v) is 4.01. The lowest BCUT2D eigenvalue weighted by molar-refractivity contribution is -0.00853. The Morgan fingerprint density at radius 1 is 1.39 bits per heavy atom. The van der Waals surface area contributed by atoms with Crippen LogP contribution in [0.2, 0.25) is 5.02 Å². The van der Waals surface area contributed by atoms with E-state index in [9.17, 15) is 0 Å². The summed E-state index contributed by atoms with van der Waals surface area (Å²) in [6.45, 7) is 2.71. The van der Waals surface area contributed by atoms with Crippen molar-refractivity contribution in [2.45, 2.75) is 31.8 Å². The Kier molecular flexibility index (Phi) is 4.88. The Bertz CT molecular complexity index is 672. The molecule has 0 amide bonds. The molecule has 2 aromatic rings. The van der Waals surface area contributed by atoms with E-state index in [4.69, 9.17) is 25.8 Å². The second-order valence-corrected chi connectivity index (χ2v) is 5.81. The number of methoxy groups -OCH3 is 1. The van der Waals surface area contributed by atoms with Crippen LogP contribution in [-0.4, -0.2) is 35.0 Å². The number of ether oxygens (including phenoxy) is 3. The smallest absolute Gasteiger partial charge is 0.138 e. The van der Waals surface area contributed by atoms with Crippen molar-refractivity contribution in [1.29, 1.82) is 0 Å². The molecule has 2 heterocycles. The Hall–Kier alpha value is -1.98. The average molecular weight is 335 g/mol. The number of imidazole rings is 1. The highest BCUT2D eigenvalue weighted by molar-refractivity contribution is 6.32. The van der Waals surface area contributed by atoms with E-state index >= 15 is 0 Å². The van der Waals surface area contributed by atoms with E-state index in [0.717, 1.165) is 6.54 Å². The van der Waals surface area contributed by atoms with E-state index in [1.807, 2.05) is 29.8 Å². The number of hydrogen-bond acceptors (Lipinski definition) is 4. The molecule has 1 aliphatic heterocycles. The largest absolute Gasteiger partial charge is 0.497 e. The van der Waals surface area contributed by atoms with Gasteiger partial charge in [0.1, 0.15) is 23.7 Å². The van der Waals surface area contributed by atoms with Gasteiger partial charge in [-0.25, -0.2) is 4.98 Å². The topological polar surface area (TPSA) is 45.5 Å². The first-order valence-corrected chi connectivity index (χ1v) is 7.83. The van der Waals surface area contributed by atoms with Gasteiger partial charge in [0.05, 0.1) is 31.1 Å². The van der Waals surface area contributed by atoms with Gasteiger partial charge < -0.3 is 18.8 Å². The van der Waals surface area contributed by atoms with Gasteiger partial charge in [0.15, 0.2) is 0 Å². The van der Waals surface area contributed by atoms with E-state index in [-0.39, 0.29) is 18.3 Å². The summed E-state index contributed by atoms with van der Waals surface area (Å²) >= 11 is 6.21. The molecule has 5 nitrogen and oxygen atoms in total.